The van der Waals surface area contributed by atoms with Gasteiger partial charge in [-0.3, -0.25) is 4.68 Å². The second kappa shape index (κ2) is 5.72. The molecule has 0 unspecified atom stereocenters. The third kappa shape index (κ3) is 3.39. The Morgan fingerprint density at radius 3 is 3.06 bits per heavy atom. The average Bonchev–Trinajstić information content (AvgIpc) is 2.77. The molecular weight excluding hydrogens is 270 g/mol. The number of aromatic nitrogens is 4. The van der Waals surface area contributed by atoms with Gasteiger partial charge in [-0.15, -0.1) is 5.10 Å². The molecule has 0 atom stereocenters. The van der Waals surface area contributed by atoms with Crippen molar-refractivity contribution in [1.29, 1.82) is 0 Å². The van der Waals surface area contributed by atoms with Crippen molar-refractivity contribution < 1.29 is 0 Å². The molecule has 2 heterocycles. The molecule has 1 N–H and O–H groups in total. The maximum atomic E-state index is 4.33. The number of nitrogens with one attached hydrogen (secondary N) is 1. The van der Waals surface area contributed by atoms with Crippen LogP contribution in [-0.4, -0.2) is 26.5 Å². The van der Waals surface area contributed by atoms with E-state index >= 15 is 0 Å². The average molecular weight is 282 g/mol. The number of hydrogen-bond acceptors (Lipinski definition) is 4. The smallest absolute Gasteiger partial charge is 0.106 e. The molecular formula is C10H12BrN5. The molecule has 16 heavy (non-hydrogen) atoms. The zero-order valence-corrected chi connectivity index (χ0v) is 10.3. The van der Waals surface area contributed by atoms with Crippen molar-refractivity contribution in [3.05, 3.63) is 40.9 Å². The lowest BCUT2D eigenvalue weighted by Gasteiger charge is -2.04. The van der Waals surface area contributed by atoms with Crippen LogP contribution in [-0.2, 0) is 13.1 Å². The molecule has 0 radical (unpaired) electrons. The SMILES string of the molecule is Brc1cccc(CNCCn2ccnn2)n1. The van der Waals surface area contributed by atoms with Crippen molar-refractivity contribution >= 4 is 15.9 Å². The molecule has 0 spiro atoms. The highest BCUT2D eigenvalue weighted by Crippen LogP contribution is 2.05. The van der Waals surface area contributed by atoms with Gasteiger partial charge in [0.2, 0.25) is 0 Å². The molecule has 0 amide bonds. The lowest BCUT2D eigenvalue weighted by atomic mass is 10.3. The highest BCUT2D eigenvalue weighted by molar-refractivity contribution is 9.10. The summed E-state index contributed by atoms with van der Waals surface area (Å²) in [6, 6.07) is 5.89. The van der Waals surface area contributed by atoms with E-state index in [1.54, 1.807) is 10.9 Å². The van der Waals surface area contributed by atoms with Gasteiger partial charge in [-0.1, -0.05) is 11.3 Å². The van der Waals surface area contributed by atoms with Gasteiger partial charge in [-0.2, -0.15) is 0 Å². The molecule has 2 rings (SSSR count). The second-order valence-electron chi connectivity index (χ2n) is 3.29. The van der Waals surface area contributed by atoms with Gasteiger partial charge in [-0.25, -0.2) is 4.98 Å². The van der Waals surface area contributed by atoms with Gasteiger partial charge in [0, 0.05) is 19.3 Å². The maximum Gasteiger partial charge on any atom is 0.106 e. The molecule has 0 aromatic carbocycles. The number of nitrogens with zero attached hydrogens (tertiary/aromatic N) is 4. The summed E-state index contributed by atoms with van der Waals surface area (Å²) in [5.41, 5.74) is 1.02. The van der Waals surface area contributed by atoms with Crippen LogP contribution in [0.2, 0.25) is 0 Å². The summed E-state index contributed by atoms with van der Waals surface area (Å²) in [5.74, 6) is 0. The Labute approximate surface area is 102 Å². The van der Waals surface area contributed by atoms with Crippen molar-refractivity contribution in [1.82, 2.24) is 25.3 Å². The first kappa shape index (κ1) is 11.2. The van der Waals surface area contributed by atoms with Gasteiger partial charge in [0.1, 0.15) is 4.60 Å². The van der Waals surface area contributed by atoms with Crippen LogP contribution in [0.1, 0.15) is 5.69 Å². The minimum atomic E-state index is 0.758. The molecule has 0 bridgehead atoms. The Bertz CT molecular complexity index is 429. The van der Waals surface area contributed by atoms with Gasteiger partial charge in [-0.05, 0) is 28.1 Å². The molecule has 2 aromatic heterocycles. The van der Waals surface area contributed by atoms with E-state index in [4.69, 9.17) is 0 Å². The Kier molecular flexibility index (Phi) is 4.01. The van der Waals surface area contributed by atoms with Crippen molar-refractivity contribution in [3.63, 3.8) is 0 Å². The quantitative estimate of drug-likeness (QED) is 0.662. The summed E-state index contributed by atoms with van der Waals surface area (Å²) in [6.07, 6.45) is 3.52. The predicted octanol–water partition coefficient (Wildman–Crippen LogP) is 1.23. The second-order valence-corrected chi connectivity index (χ2v) is 4.11. The van der Waals surface area contributed by atoms with Crippen molar-refractivity contribution in [3.8, 4) is 0 Å². The highest BCUT2D eigenvalue weighted by Gasteiger charge is 1.95. The topological polar surface area (TPSA) is 55.6 Å². The fourth-order valence-corrected chi connectivity index (χ4v) is 1.69. The van der Waals surface area contributed by atoms with Gasteiger partial charge < -0.3 is 5.32 Å². The van der Waals surface area contributed by atoms with E-state index in [0.717, 1.165) is 29.9 Å². The Hall–Kier alpha value is -1.27. The van der Waals surface area contributed by atoms with Gasteiger partial charge in [0.25, 0.3) is 0 Å². The molecule has 0 saturated heterocycles. The van der Waals surface area contributed by atoms with Crippen LogP contribution in [0.25, 0.3) is 0 Å². The van der Waals surface area contributed by atoms with Crippen LogP contribution in [0.5, 0.6) is 0 Å². The van der Waals surface area contributed by atoms with E-state index in [1.807, 2.05) is 24.4 Å². The number of hydrogen-bond donors (Lipinski definition) is 1. The normalized spacial score (nSPS) is 10.6. The first-order valence-corrected chi connectivity index (χ1v) is 5.80. The van der Waals surface area contributed by atoms with Crippen LogP contribution in [0.3, 0.4) is 0 Å². The molecule has 0 aliphatic heterocycles. The first-order valence-electron chi connectivity index (χ1n) is 5.01. The number of rotatable bonds is 5. The van der Waals surface area contributed by atoms with Crippen molar-refractivity contribution in [2.45, 2.75) is 13.1 Å². The van der Waals surface area contributed by atoms with Gasteiger partial charge in [0.15, 0.2) is 0 Å². The summed E-state index contributed by atoms with van der Waals surface area (Å²) in [7, 11) is 0. The van der Waals surface area contributed by atoms with E-state index in [2.05, 4.69) is 36.5 Å². The largest absolute Gasteiger partial charge is 0.309 e. The molecule has 0 aliphatic carbocycles. The molecule has 2 aromatic rings. The van der Waals surface area contributed by atoms with E-state index in [-0.39, 0.29) is 0 Å². The van der Waals surface area contributed by atoms with Crippen molar-refractivity contribution in [2.75, 3.05) is 6.54 Å². The summed E-state index contributed by atoms with van der Waals surface area (Å²) in [4.78, 5) is 4.33. The van der Waals surface area contributed by atoms with E-state index in [0.29, 0.717) is 0 Å². The monoisotopic (exact) mass is 281 g/mol. The van der Waals surface area contributed by atoms with E-state index in [9.17, 15) is 0 Å². The van der Waals surface area contributed by atoms with Crippen molar-refractivity contribution in [2.24, 2.45) is 0 Å². The number of pyridine rings is 1. The molecule has 5 nitrogen and oxygen atoms in total. The molecule has 0 fully saturated rings. The van der Waals surface area contributed by atoms with Gasteiger partial charge >= 0.3 is 0 Å². The standard InChI is InChI=1S/C10H12BrN5/c11-10-3-1-2-9(14-10)8-12-4-6-16-7-5-13-15-16/h1-3,5,7,12H,4,6,8H2. The van der Waals surface area contributed by atoms with Crippen LogP contribution < -0.4 is 5.32 Å². The lowest BCUT2D eigenvalue weighted by Crippen LogP contribution is -2.20. The maximum absolute atomic E-state index is 4.33. The lowest BCUT2D eigenvalue weighted by molar-refractivity contribution is 0.537. The van der Waals surface area contributed by atoms with E-state index < -0.39 is 0 Å². The van der Waals surface area contributed by atoms with Crippen LogP contribution in [0.4, 0.5) is 0 Å². The first-order chi connectivity index (χ1) is 7.84. The van der Waals surface area contributed by atoms with Crippen LogP contribution in [0, 0.1) is 0 Å². The minimum Gasteiger partial charge on any atom is -0.309 e. The molecule has 6 heteroatoms. The summed E-state index contributed by atoms with van der Waals surface area (Å²) in [6.45, 7) is 2.42. The molecule has 0 aliphatic rings. The Balaban J connectivity index is 1.72. The number of halogens is 1. The summed E-state index contributed by atoms with van der Waals surface area (Å²) in [5, 5.41) is 10.9. The van der Waals surface area contributed by atoms with E-state index in [1.165, 1.54) is 0 Å². The minimum absolute atomic E-state index is 0.758. The fourth-order valence-electron chi connectivity index (χ4n) is 1.31. The molecule has 84 valence electrons. The highest BCUT2D eigenvalue weighted by atomic mass is 79.9. The molecule has 0 saturated carbocycles. The van der Waals surface area contributed by atoms with Crippen LogP contribution in [0.15, 0.2) is 35.2 Å². The third-order valence-corrected chi connectivity index (χ3v) is 2.51. The fraction of sp³-hybridized carbons (Fsp3) is 0.300. The van der Waals surface area contributed by atoms with Crippen LogP contribution >= 0.6 is 15.9 Å². The summed E-state index contributed by atoms with van der Waals surface area (Å²) >= 11 is 3.34. The predicted molar refractivity (Wildman–Crippen MR) is 63.7 cm³/mol. The zero-order chi connectivity index (χ0) is 11.2. The summed E-state index contributed by atoms with van der Waals surface area (Å²) < 4.78 is 2.66. The zero-order valence-electron chi connectivity index (χ0n) is 8.67. The third-order valence-electron chi connectivity index (χ3n) is 2.07. The Morgan fingerprint density at radius 2 is 2.31 bits per heavy atom. The van der Waals surface area contributed by atoms with Gasteiger partial charge in [0.05, 0.1) is 18.4 Å². The Morgan fingerprint density at radius 1 is 1.38 bits per heavy atom.